The molecule has 2 N–H and O–H groups in total. The normalized spacial score (nSPS) is 17.0. The highest BCUT2D eigenvalue weighted by atomic mass is 16.4. The monoisotopic (exact) mass is 380 g/mol. The fourth-order valence-corrected chi connectivity index (χ4v) is 4.48. The van der Waals surface area contributed by atoms with Crippen molar-refractivity contribution in [2.45, 2.75) is 38.5 Å². The van der Waals surface area contributed by atoms with Crippen LogP contribution in [0.5, 0.6) is 0 Å². The number of aliphatic carboxylic acids is 2. The summed E-state index contributed by atoms with van der Waals surface area (Å²) < 4.78 is 0. The molecule has 0 spiro atoms. The lowest BCUT2D eigenvalue weighted by Crippen LogP contribution is -2.45. The number of hydrogen-bond acceptors (Lipinski definition) is 3. The van der Waals surface area contributed by atoms with E-state index in [2.05, 4.69) is 6.58 Å². The summed E-state index contributed by atoms with van der Waals surface area (Å²) in [6.45, 7) is 3.60. The maximum atomic E-state index is 13.3. The molecule has 28 heavy (non-hydrogen) atoms. The minimum Gasteiger partial charge on any atom is -0.481 e. The predicted molar refractivity (Wildman–Crippen MR) is 106 cm³/mol. The van der Waals surface area contributed by atoms with Crippen LogP contribution in [0, 0.1) is 11.3 Å². The Morgan fingerprint density at radius 2 is 1.61 bits per heavy atom. The van der Waals surface area contributed by atoms with Gasteiger partial charge in [0.2, 0.25) is 0 Å². The molecule has 0 aliphatic heterocycles. The Morgan fingerprint density at radius 3 is 2.25 bits per heavy atom. The quantitative estimate of drug-likeness (QED) is 0.536. The van der Waals surface area contributed by atoms with E-state index in [1.165, 1.54) is 0 Å². The molecule has 2 aromatic rings. The van der Waals surface area contributed by atoms with Crippen LogP contribution in [0.3, 0.4) is 0 Å². The molecule has 0 radical (unpaired) electrons. The van der Waals surface area contributed by atoms with Crippen molar-refractivity contribution in [3.63, 3.8) is 0 Å². The molecule has 5 heteroatoms. The Bertz CT molecular complexity index is 934. The van der Waals surface area contributed by atoms with Crippen molar-refractivity contribution in [2.24, 2.45) is 11.3 Å². The van der Waals surface area contributed by atoms with Gasteiger partial charge in [-0.1, -0.05) is 68.3 Å². The number of rotatable bonds is 7. The summed E-state index contributed by atoms with van der Waals surface area (Å²) in [5.74, 6) is -3.42. The molecule has 1 aliphatic carbocycles. The van der Waals surface area contributed by atoms with Crippen LogP contribution in [-0.4, -0.2) is 27.9 Å². The van der Waals surface area contributed by atoms with Gasteiger partial charge in [0.15, 0.2) is 5.78 Å². The lowest BCUT2D eigenvalue weighted by atomic mass is 9.62. The van der Waals surface area contributed by atoms with Crippen LogP contribution in [0.25, 0.3) is 10.8 Å². The van der Waals surface area contributed by atoms with Gasteiger partial charge in [0.05, 0.1) is 0 Å². The molecule has 1 saturated carbocycles. The Kier molecular flexibility index (Phi) is 5.63. The second-order valence-corrected chi connectivity index (χ2v) is 7.52. The zero-order valence-corrected chi connectivity index (χ0v) is 15.7. The van der Waals surface area contributed by atoms with Gasteiger partial charge in [-0.3, -0.25) is 9.59 Å². The third kappa shape index (κ3) is 3.44. The minimum atomic E-state index is -1.79. The van der Waals surface area contributed by atoms with E-state index in [0.29, 0.717) is 18.4 Å². The smallest absolute Gasteiger partial charge is 0.332 e. The summed E-state index contributed by atoms with van der Waals surface area (Å²) in [7, 11) is 0. The fraction of sp³-hybridized carbons (Fsp3) is 0.348. The van der Waals surface area contributed by atoms with Gasteiger partial charge >= 0.3 is 11.9 Å². The minimum absolute atomic E-state index is 0.368. The summed E-state index contributed by atoms with van der Waals surface area (Å²) in [6.07, 6.45) is 3.42. The molecular weight excluding hydrogens is 356 g/mol. The van der Waals surface area contributed by atoms with E-state index in [1.54, 1.807) is 12.1 Å². The molecule has 0 heterocycles. The van der Waals surface area contributed by atoms with Crippen LogP contribution < -0.4 is 0 Å². The van der Waals surface area contributed by atoms with Crippen molar-refractivity contribution >= 4 is 28.5 Å². The topological polar surface area (TPSA) is 91.7 Å². The average Bonchev–Trinajstić information content (AvgIpc) is 2.71. The molecule has 0 saturated heterocycles. The van der Waals surface area contributed by atoms with Crippen molar-refractivity contribution in [1.29, 1.82) is 0 Å². The van der Waals surface area contributed by atoms with Gasteiger partial charge in [0.1, 0.15) is 5.41 Å². The third-order valence-corrected chi connectivity index (χ3v) is 6.01. The van der Waals surface area contributed by atoms with E-state index in [4.69, 9.17) is 0 Å². The van der Waals surface area contributed by atoms with Gasteiger partial charge in [-0.05, 0) is 29.5 Å². The largest absolute Gasteiger partial charge is 0.481 e. The van der Waals surface area contributed by atoms with Crippen LogP contribution in [-0.2, 0) is 9.59 Å². The first-order valence-electron chi connectivity index (χ1n) is 9.55. The highest BCUT2D eigenvalue weighted by Gasteiger charge is 2.52. The number of carbonyl (C=O) groups excluding carboxylic acids is 1. The second-order valence-electron chi connectivity index (χ2n) is 7.52. The lowest BCUT2D eigenvalue weighted by molar-refractivity contribution is -0.154. The van der Waals surface area contributed by atoms with E-state index in [1.807, 2.05) is 30.3 Å². The zero-order valence-electron chi connectivity index (χ0n) is 15.7. The second kappa shape index (κ2) is 7.97. The molecule has 1 fully saturated rings. The van der Waals surface area contributed by atoms with Crippen molar-refractivity contribution in [3.05, 3.63) is 60.2 Å². The first-order valence-corrected chi connectivity index (χ1v) is 9.55. The molecule has 1 aliphatic rings. The number of benzene rings is 2. The van der Waals surface area contributed by atoms with Crippen LogP contribution in [0.15, 0.2) is 54.6 Å². The predicted octanol–water partition coefficient (Wildman–Crippen LogP) is 4.70. The van der Waals surface area contributed by atoms with Crippen molar-refractivity contribution in [3.8, 4) is 0 Å². The maximum absolute atomic E-state index is 13.3. The van der Waals surface area contributed by atoms with Crippen molar-refractivity contribution in [1.82, 2.24) is 0 Å². The molecule has 3 rings (SSSR count). The van der Waals surface area contributed by atoms with Gasteiger partial charge in [0.25, 0.3) is 0 Å². The number of carboxylic acids is 2. The van der Waals surface area contributed by atoms with E-state index in [0.717, 1.165) is 30.0 Å². The number of Topliss-reactive ketones (excluding diaryl/α,β-unsaturated/α-hetero) is 1. The number of carbonyl (C=O) groups is 3. The third-order valence-electron chi connectivity index (χ3n) is 6.01. The molecular formula is C23H24O5. The molecule has 0 bridgehead atoms. The number of hydrogen-bond donors (Lipinski definition) is 2. The van der Waals surface area contributed by atoms with Gasteiger partial charge in [-0.25, -0.2) is 4.79 Å². The highest BCUT2D eigenvalue weighted by Crippen LogP contribution is 2.47. The Hall–Kier alpha value is -2.95. The van der Waals surface area contributed by atoms with E-state index in [9.17, 15) is 24.6 Å². The molecule has 1 atom stereocenters. The molecule has 5 nitrogen and oxygen atoms in total. The zero-order chi connectivity index (χ0) is 20.3. The Labute approximate surface area is 163 Å². The summed E-state index contributed by atoms with van der Waals surface area (Å²) in [5.41, 5.74) is -1.78. The molecule has 1 unspecified atom stereocenters. The van der Waals surface area contributed by atoms with Gasteiger partial charge < -0.3 is 10.2 Å². The summed E-state index contributed by atoms with van der Waals surface area (Å²) >= 11 is 0. The molecule has 146 valence electrons. The maximum Gasteiger partial charge on any atom is 0.332 e. The molecule has 2 aromatic carbocycles. The number of ketones is 1. The average molecular weight is 380 g/mol. The fourth-order valence-electron chi connectivity index (χ4n) is 4.48. The van der Waals surface area contributed by atoms with Crippen molar-refractivity contribution in [2.75, 3.05) is 0 Å². The number of fused-ring (bicyclic) bond motifs is 1. The first kappa shape index (κ1) is 19.8. The standard InChI is InChI=1S/C23H24O5/c1-15(21(25)26)23(22(27)28,17-10-3-2-4-11-17)14-20(24)19-13-7-9-16-8-5-6-12-18(16)19/h5-9,12-13,17H,1-4,10-11,14H2,(H,25,26)(H,27,28). The molecule has 0 amide bonds. The van der Waals surface area contributed by atoms with Gasteiger partial charge in [-0.15, -0.1) is 0 Å². The van der Waals surface area contributed by atoms with Crippen LogP contribution in [0.2, 0.25) is 0 Å². The number of carboxylic acid groups (broad SMARTS) is 2. The summed E-state index contributed by atoms with van der Waals surface area (Å²) in [6, 6.07) is 12.7. The SMILES string of the molecule is C=C(C(=O)O)C(CC(=O)c1cccc2ccccc12)(C(=O)O)C1CCCCC1. The highest BCUT2D eigenvalue weighted by molar-refractivity contribution is 6.10. The van der Waals surface area contributed by atoms with E-state index >= 15 is 0 Å². The Balaban J connectivity index is 2.07. The Morgan fingerprint density at radius 1 is 0.964 bits per heavy atom. The summed E-state index contributed by atoms with van der Waals surface area (Å²) in [5, 5.41) is 21.3. The van der Waals surface area contributed by atoms with Crippen molar-refractivity contribution < 1.29 is 24.6 Å². The van der Waals surface area contributed by atoms with E-state index in [-0.39, 0.29) is 5.78 Å². The van der Waals surface area contributed by atoms with E-state index < -0.39 is 35.3 Å². The van der Waals surface area contributed by atoms with Crippen LogP contribution in [0.1, 0.15) is 48.9 Å². The molecule has 0 aromatic heterocycles. The van der Waals surface area contributed by atoms with Crippen LogP contribution in [0.4, 0.5) is 0 Å². The summed E-state index contributed by atoms with van der Waals surface area (Å²) in [4.78, 5) is 37.4. The lowest BCUT2D eigenvalue weighted by Gasteiger charge is -2.39. The first-order chi connectivity index (χ1) is 13.4. The van der Waals surface area contributed by atoms with Crippen LogP contribution >= 0.6 is 0 Å². The van der Waals surface area contributed by atoms with Gasteiger partial charge in [-0.2, -0.15) is 0 Å². The van der Waals surface area contributed by atoms with Gasteiger partial charge in [0, 0.05) is 17.6 Å².